The Morgan fingerprint density at radius 2 is 2.19 bits per heavy atom. The van der Waals surface area contributed by atoms with Gasteiger partial charge in [-0.15, -0.1) is 0 Å². The van der Waals surface area contributed by atoms with Crippen molar-refractivity contribution in [2.75, 3.05) is 12.0 Å². The van der Waals surface area contributed by atoms with Crippen molar-refractivity contribution in [3.63, 3.8) is 0 Å². The maximum atomic E-state index is 11.2. The molecule has 1 aromatic rings. The third kappa shape index (κ3) is 3.42. The van der Waals surface area contributed by atoms with Gasteiger partial charge in [0.25, 0.3) is 0 Å². The number of hydrogen-bond acceptors (Lipinski definition) is 5. The van der Waals surface area contributed by atoms with Crippen LogP contribution in [0.15, 0.2) is 35.4 Å². The quantitative estimate of drug-likeness (QED) is 0.471. The van der Waals surface area contributed by atoms with Crippen LogP contribution in [-0.4, -0.2) is 18.3 Å². The molecular formula is C11H11N3O2. The fourth-order valence-corrected chi connectivity index (χ4v) is 0.949. The van der Waals surface area contributed by atoms with E-state index >= 15 is 0 Å². The Labute approximate surface area is 93.3 Å². The standard InChI is InChI=1S/C11H11N3O2/c1-2-16-11(15)10(8-12)14-13-9-6-4-3-5-7-9/h3-7,13H,2H2,1H3/b14-10+. The summed E-state index contributed by atoms with van der Waals surface area (Å²) in [4.78, 5) is 11.2. The summed E-state index contributed by atoms with van der Waals surface area (Å²) in [5, 5.41) is 12.3. The van der Waals surface area contributed by atoms with E-state index in [1.165, 1.54) is 0 Å². The zero-order valence-electron chi connectivity index (χ0n) is 8.80. The fraction of sp³-hybridized carbons (Fsp3) is 0.182. The first kappa shape index (κ1) is 11.7. The summed E-state index contributed by atoms with van der Waals surface area (Å²) in [6.07, 6.45) is 0. The summed E-state index contributed by atoms with van der Waals surface area (Å²) in [5.41, 5.74) is 2.99. The topological polar surface area (TPSA) is 74.5 Å². The van der Waals surface area contributed by atoms with Gasteiger partial charge in [0.2, 0.25) is 5.71 Å². The van der Waals surface area contributed by atoms with Gasteiger partial charge >= 0.3 is 5.97 Å². The summed E-state index contributed by atoms with van der Waals surface area (Å²) >= 11 is 0. The molecule has 1 aromatic carbocycles. The fourth-order valence-electron chi connectivity index (χ4n) is 0.949. The monoisotopic (exact) mass is 217 g/mol. The number of anilines is 1. The smallest absolute Gasteiger partial charge is 0.369 e. The number of ether oxygens (including phenoxy) is 1. The summed E-state index contributed by atoms with van der Waals surface area (Å²) in [7, 11) is 0. The highest BCUT2D eigenvalue weighted by molar-refractivity contribution is 6.43. The van der Waals surface area contributed by atoms with Crippen LogP contribution in [0.4, 0.5) is 5.69 Å². The predicted octanol–water partition coefficient (Wildman–Crippen LogP) is 1.54. The van der Waals surface area contributed by atoms with E-state index in [2.05, 4.69) is 15.3 Å². The number of nitrogens with zero attached hydrogens (tertiary/aromatic N) is 2. The van der Waals surface area contributed by atoms with Crippen LogP contribution in [0.3, 0.4) is 0 Å². The van der Waals surface area contributed by atoms with Crippen molar-refractivity contribution in [1.82, 2.24) is 0 Å². The van der Waals surface area contributed by atoms with Crippen molar-refractivity contribution in [2.24, 2.45) is 5.10 Å². The van der Waals surface area contributed by atoms with Crippen molar-refractivity contribution >= 4 is 17.4 Å². The Morgan fingerprint density at radius 1 is 1.50 bits per heavy atom. The third-order valence-corrected chi connectivity index (χ3v) is 1.65. The second-order valence-electron chi connectivity index (χ2n) is 2.77. The first-order chi connectivity index (χ1) is 7.77. The van der Waals surface area contributed by atoms with Gasteiger partial charge in [-0.3, -0.25) is 5.43 Å². The number of esters is 1. The number of nitriles is 1. The first-order valence-corrected chi connectivity index (χ1v) is 4.74. The molecular weight excluding hydrogens is 206 g/mol. The maximum Gasteiger partial charge on any atom is 0.369 e. The lowest BCUT2D eigenvalue weighted by Crippen LogP contribution is -2.17. The van der Waals surface area contributed by atoms with E-state index in [-0.39, 0.29) is 12.3 Å². The zero-order chi connectivity index (χ0) is 11.8. The van der Waals surface area contributed by atoms with Gasteiger partial charge in [-0.05, 0) is 19.1 Å². The molecule has 0 saturated carbocycles. The number of nitrogens with one attached hydrogen (secondary N) is 1. The van der Waals surface area contributed by atoms with E-state index in [4.69, 9.17) is 5.26 Å². The van der Waals surface area contributed by atoms with E-state index in [1.807, 2.05) is 18.2 Å². The van der Waals surface area contributed by atoms with Crippen LogP contribution >= 0.6 is 0 Å². The predicted molar refractivity (Wildman–Crippen MR) is 59.7 cm³/mol. The molecule has 5 nitrogen and oxygen atoms in total. The highest BCUT2D eigenvalue weighted by Gasteiger charge is 2.11. The number of para-hydroxylation sites is 1. The molecule has 0 aliphatic carbocycles. The van der Waals surface area contributed by atoms with Gasteiger partial charge in [0, 0.05) is 0 Å². The number of carbonyl (C=O) groups excluding carboxylic acids is 1. The van der Waals surface area contributed by atoms with Crippen LogP contribution in [0.1, 0.15) is 6.92 Å². The van der Waals surface area contributed by atoms with Crippen LogP contribution < -0.4 is 5.43 Å². The molecule has 0 unspecified atom stereocenters. The minimum Gasteiger partial charge on any atom is -0.461 e. The summed E-state index contributed by atoms with van der Waals surface area (Å²) in [6, 6.07) is 10.7. The SMILES string of the molecule is CCOC(=O)/C(C#N)=N/Nc1ccccc1. The summed E-state index contributed by atoms with van der Waals surface area (Å²) < 4.78 is 4.65. The molecule has 0 aliphatic heterocycles. The van der Waals surface area contributed by atoms with Crippen molar-refractivity contribution in [3.8, 4) is 6.07 Å². The van der Waals surface area contributed by atoms with E-state index in [0.29, 0.717) is 5.69 Å². The van der Waals surface area contributed by atoms with Crippen LogP contribution in [0.2, 0.25) is 0 Å². The van der Waals surface area contributed by atoms with Crippen LogP contribution in [-0.2, 0) is 9.53 Å². The normalized spacial score (nSPS) is 10.4. The molecule has 1 N–H and O–H groups in total. The molecule has 16 heavy (non-hydrogen) atoms. The molecule has 1 rings (SSSR count). The second kappa shape index (κ2) is 6.19. The molecule has 0 radical (unpaired) electrons. The highest BCUT2D eigenvalue weighted by atomic mass is 16.5. The molecule has 0 heterocycles. The molecule has 0 spiro atoms. The number of benzene rings is 1. The van der Waals surface area contributed by atoms with Gasteiger partial charge < -0.3 is 4.74 Å². The summed E-state index contributed by atoms with van der Waals surface area (Å²) in [6.45, 7) is 1.88. The number of hydrogen-bond donors (Lipinski definition) is 1. The molecule has 0 fully saturated rings. The van der Waals surface area contributed by atoms with E-state index in [1.54, 1.807) is 25.1 Å². The Kier molecular flexibility index (Phi) is 4.54. The van der Waals surface area contributed by atoms with Gasteiger partial charge in [-0.25, -0.2) is 4.79 Å². The molecule has 0 aliphatic rings. The largest absolute Gasteiger partial charge is 0.461 e. The lowest BCUT2D eigenvalue weighted by molar-refractivity contribution is -0.134. The van der Waals surface area contributed by atoms with Crippen LogP contribution in [0.5, 0.6) is 0 Å². The lowest BCUT2D eigenvalue weighted by atomic mass is 10.3. The number of rotatable bonds is 4. The number of carbonyl (C=O) groups is 1. The Bertz CT molecular complexity index is 421. The summed E-state index contributed by atoms with van der Waals surface area (Å²) in [5.74, 6) is -0.728. The van der Waals surface area contributed by atoms with Crippen LogP contribution in [0, 0.1) is 11.3 Å². The number of hydrazone groups is 1. The minimum atomic E-state index is -0.728. The van der Waals surface area contributed by atoms with Gasteiger partial charge in [-0.2, -0.15) is 10.4 Å². The molecule has 0 atom stereocenters. The Morgan fingerprint density at radius 3 is 2.75 bits per heavy atom. The third-order valence-electron chi connectivity index (χ3n) is 1.65. The second-order valence-corrected chi connectivity index (χ2v) is 2.77. The minimum absolute atomic E-state index is 0.213. The van der Waals surface area contributed by atoms with Gasteiger partial charge in [0.05, 0.1) is 12.3 Å². The van der Waals surface area contributed by atoms with E-state index in [9.17, 15) is 4.79 Å². The molecule has 5 heteroatoms. The van der Waals surface area contributed by atoms with Crippen molar-refractivity contribution in [3.05, 3.63) is 30.3 Å². The van der Waals surface area contributed by atoms with Gasteiger partial charge in [0.15, 0.2) is 0 Å². The van der Waals surface area contributed by atoms with Crippen LogP contribution in [0.25, 0.3) is 0 Å². The molecule has 0 bridgehead atoms. The zero-order valence-corrected chi connectivity index (χ0v) is 8.80. The van der Waals surface area contributed by atoms with Gasteiger partial charge in [-0.1, -0.05) is 18.2 Å². The Balaban J connectivity index is 2.68. The van der Waals surface area contributed by atoms with Crippen molar-refractivity contribution in [1.29, 1.82) is 5.26 Å². The molecule has 0 saturated heterocycles. The Hall–Kier alpha value is -2.35. The molecule has 0 amide bonds. The van der Waals surface area contributed by atoms with E-state index in [0.717, 1.165) is 0 Å². The van der Waals surface area contributed by atoms with Gasteiger partial charge in [0.1, 0.15) is 6.07 Å². The highest BCUT2D eigenvalue weighted by Crippen LogP contribution is 2.04. The van der Waals surface area contributed by atoms with Crippen molar-refractivity contribution in [2.45, 2.75) is 6.92 Å². The first-order valence-electron chi connectivity index (χ1n) is 4.74. The average Bonchev–Trinajstić information content (AvgIpc) is 2.31. The average molecular weight is 217 g/mol. The van der Waals surface area contributed by atoms with E-state index < -0.39 is 5.97 Å². The van der Waals surface area contributed by atoms with Crippen molar-refractivity contribution < 1.29 is 9.53 Å². The molecule has 82 valence electrons. The lowest BCUT2D eigenvalue weighted by Gasteiger charge is -2.01. The maximum absolute atomic E-state index is 11.2. The molecule has 0 aromatic heterocycles.